The van der Waals surface area contributed by atoms with E-state index in [9.17, 15) is 15.0 Å². The molecule has 10 heteroatoms. The molecule has 0 spiro atoms. The second-order valence-corrected chi connectivity index (χ2v) is 4.23. The largest absolute Gasteiger partial charge is 0.394 e. The van der Waals surface area contributed by atoms with Gasteiger partial charge in [-0.25, -0.2) is 4.79 Å². The molecule has 0 amide bonds. The molecule has 108 valence electrons. The molecule has 0 radical (unpaired) electrons. The van der Waals surface area contributed by atoms with Crippen molar-refractivity contribution in [3.8, 4) is 11.3 Å². The van der Waals surface area contributed by atoms with E-state index in [1.165, 1.54) is 0 Å². The zero-order valence-corrected chi connectivity index (χ0v) is 10.7. The molecule has 1 aromatic rings. The van der Waals surface area contributed by atoms with Gasteiger partial charge in [0.2, 0.25) is 0 Å². The number of aliphatic hydroxyl groups is 2. The fourth-order valence-electron chi connectivity index (χ4n) is 1.82. The molecule has 2 heterocycles. The monoisotopic (exact) mass is 303 g/mol. The van der Waals surface area contributed by atoms with Gasteiger partial charge in [-0.05, 0) is 11.6 Å². The molecular formula is C10H12ClN5O4. The van der Waals surface area contributed by atoms with Crippen LogP contribution in [0.1, 0.15) is 8.97 Å². The van der Waals surface area contributed by atoms with E-state index in [-0.39, 0.29) is 5.82 Å². The topological polar surface area (TPSA) is 150 Å². The average molecular weight is 304 g/mol. The van der Waals surface area contributed by atoms with Gasteiger partial charge < -0.3 is 26.4 Å². The van der Waals surface area contributed by atoms with E-state index in [1.807, 2.05) is 5.38 Å². The van der Waals surface area contributed by atoms with Crippen molar-refractivity contribution in [1.82, 2.24) is 14.8 Å². The van der Waals surface area contributed by atoms with Crippen molar-refractivity contribution in [3.63, 3.8) is 0 Å². The van der Waals surface area contributed by atoms with Crippen LogP contribution >= 0.6 is 11.6 Å². The molecule has 20 heavy (non-hydrogen) atoms. The van der Waals surface area contributed by atoms with E-state index in [2.05, 4.69) is 16.0 Å². The summed E-state index contributed by atoms with van der Waals surface area (Å²) in [4.78, 5) is 15.3. The summed E-state index contributed by atoms with van der Waals surface area (Å²) in [6.07, 6.45) is -4.09. The van der Waals surface area contributed by atoms with E-state index < -0.39 is 36.2 Å². The molecule has 1 saturated heterocycles. The van der Waals surface area contributed by atoms with Gasteiger partial charge in [-0.2, -0.15) is 14.8 Å². The zero-order valence-electron chi connectivity index (χ0n) is 11.9. The van der Waals surface area contributed by atoms with Gasteiger partial charge in [0.05, 0.1) is 15.5 Å². The van der Waals surface area contributed by atoms with E-state index in [4.69, 9.17) is 30.5 Å². The summed E-state index contributed by atoms with van der Waals surface area (Å²) in [6, 6.07) is 0. The van der Waals surface area contributed by atoms with Gasteiger partial charge in [0.25, 0.3) is 0 Å². The molecule has 1 aromatic heterocycles. The Bertz CT molecular complexity index is 699. The Morgan fingerprint density at radius 3 is 3.00 bits per heavy atom. The van der Waals surface area contributed by atoms with Crippen molar-refractivity contribution < 1.29 is 17.7 Å². The first-order valence-corrected chi connectivity index (χ1v) is 5.68. The number of nitrogens with two attached hydrogens (primary N) is 2. The average Bonchev–Trinajstić information content (AvgIpc) is 2.63. The smallest absolute Gasteiger partial charge is 0.368 e. The molecule has 0 aliphatic carbocycles. The van der Waals surface area contributed by atoms with E-state index in [0.717, 1.165) is 6.20 Å². The van der Waals surface area contributed by atoms with Crippen molar-refractivity contribution in [2.75, 3.05) is 12.3 Å². The summed E-state index contributed by atoms with van der Waals surface area (Å²) in [7, 11) is 0. The minimum absolute atomic E-state index is 0.153. The maximum absolute atomic E-state index is 11.8. The lowest BCUT2D eigenvalue weighted by Gasteiger charge is -2.26. The lowest BCUT2D eigenvalue weighted by molar-refractivity contribution is -0.0528. The first kappa shape index (κ1) is 12.1. The number of aromatic nitrogens is 3. The Morgan fingerprint density at radius 2 is 2.45 bits per heavy atom. The summed E-state index contributed by atoms with van der Waals surface area (Å²) in [5.74, 6) is 2.09. The summed E-state index contributed by atoms with van der Waals surface area (Å²) in [5.41, 5.74) is 8.27. The van der Waals surface area contributed by atoms with Crippen LogP contribution in [0.5, 0.6) is 0 Å². The first-order chi connectivity index (χ1) is 10.1. The fraction of sp³-hybridized carbons (Fsp3) is 0.500. The van der Waals surface area contributed by atoms with Crippen LogP contribution in [-0.4, -0.2) is 49.3 Å². The van der Waals surface area contributed by atoms with Gasteiger partial charge in [-0.15, -0.1) is 0 Å². The Labute approximate surface area is 120 Å². The number of anilines is 1. The lowest BCUT2D eigenvalue weighted by Crippen LogP contribution is -2.55. The van der Waals surface area contributed by atoms with Crippen molar-refractivity contribution in [1.29, 1.82) is 0 Å². The Morgan fingerprint density at radius 1 is 1.75 bits per heavy atom. The second-order valence-electron chi connectivity index (χ2n) is 4.04. The second kappa shape index (κ2) is 5.35. The van der Waals surface area contributed by atoms with Gasteiger partial charge in [0.15, 0.2) is 11.8 Å². The molecule has 9 nitrogen and oxygen atoms in total. The summed E-state index contributed by atoms with van der Waals surface area (Å²) < 4.78 is 20.3. The third-order valence-corrected chi connectivity index (χ3v) is 2.90. The van der Waals surface area contributed by atoms with E-state index in [1.54, 1.807) is 0 Å². The molecule has 1 aliphatic rings. The summed E-state index contributed by atoms with van der Waals surface area (Å²) in [5, 5.41) is 25.2. The Hall–Kier alpha value is -1.70. The van der Waals surface area contributed by atoms with Crippen LogP contribution in [0.15, 0.2) is 11.0 Å². The van der Waals surface area contributed by atoms with Crippen LogP contribution < -0.4 is 17.2 Å². The third kappa shape index (κ3) is 2.24. The molecule has 0 saturated carbocycles. The Kier molecular flexibility index (Phi) is 3.23. The SMILES string of the molecule is [2H]C([2H])(O)[C@H]1O[C@@H](n2ncc(N)nc2=O)C(N)(C#CCl)[C@H]1O. The fourth-order valence-corrected chi connectivity index (χ4v) is 1.99. The van der Waals surface area contributed by atoms with Crippen LogP contribution in [0.2, 0.25) is 0 Å². The summed E-state index contributed by atoms with van der Waals surface area (Å²) in [6.45, 7) is -2.95. The lowest BCUT2D eigenvalue weighted by atomic mass is 9.92. The van der Waals surface area contributed by atoms with E-state index in [0.29, 0.717) is 4.68 Å². The van der Waals surface area contributed by atoms with Crippen LogP contribution in [0.4, 0.5) is 5.82 Å². The first-order valence-electron chi connectivity index (χ1n) is 6.30. The highest BCUT2D eigenvalue weighted by Gasteiger charge is 2.55. The molecule has 0 bridgehead atoms. The minimum atomic E-state index is -2.95. The molecule has 1 aliphatic heterocycles. The number of aliphatic hydroxyl groups excluding tert-OH is 1. The normalized spacial score (nSPS) is 34.9. The van der Waals surface area contributed by atoms with Crippen LogP contribution in [0.3, 0.4) is 0 Å². The molecule has 2 rings (SSSR count). The summed E-state index contributed by atoms with van der Waals surface area (Å²) >= 11 is 5.31. The Balaban J connectivity index is 2.57. The molecular weight excluding hydrogens is 290 g/mol. The van der Waals surface area contributed by atoms with Gasteiger partial charge in [-0.1, -0.05) is 5.92 Å². The van der Waals surface area contributed by atoms with Crippen molar-refractivity contribution in [2.45, 2.75) is 24.0 Å². The van der Waals surface area contributed by atoms with Gasteiger partial charge in [0, 0.05) is 5.38 Å². The molecule has 4 atom stereocenters. The highest BCUT2D eigenvalue weighted by molar-refractivity contribution is 6.30. The van der Waals surface area contributed by atoms with Gasteiger partial charge >= 0.3 is 5.69 Å². The minimum Gasteiger partial charge on any atom is -0.394 e. The number of halogens is 1. The standard InChI is InChI=1S/C10H12ClN5O4/c11-2-1-10(13)7(18)5(4-17)20-8(10)16-9(19)15-6(12)3-14-16/h3,5,7-8,17-18H,4,13H2,(H2,12,15,19)/t5-,7+,8-,10?/m1/s1/i4D2. The van der Waals surface area contributed by atoms with E-state index >= 15 is 0 Å². The number of nitrogens with zero attached hydrogens (tertiary/aromatic N) is 3. The van der Waals surface area contributed by atoms with Gasteiger partial charge in [-0.3, -0.25) is 0 Å². The predicted molar refractivity (Wildman–Crippen MR) is 68.3 cm³/mol. The van der Waals surface area contributed by atoms with Crippen LogP contribution in [-0.2, 0) is 4.74 Å². The van der Waals surface area contributed by atoms with Crippen molar-refractivity contribution in [2.24, 2.45) is 5.73 Å². The maximum Gasteiger partial charge on any atom is 0.368 e. The number of rotatable bonds is 2. The highest BCUT2D eigenvalue weighted by Crippen LogP contribution is 2.35. The third-order valence-electron chi connectivity index (χ3n) is 2.81. The predicted octanol–water partition coefficient (Wildman–Crippen LogP) is -2.63. The maximum atomic E-state index is 11.8. The number of hydrogen-bond acceptors (Lipinski definition) is 8. The number of ether oxygens (including phenoxy) is 1. The molecule has 0 aromatic carbocycles. The molecule has 1 fully saturated rings. The molecule has 1 unspecified atom stereocenters. The number of hydrogen-bond donors (Lipinski definition) is 4. The highest BCUT2D eigenvalue weighted by atomic mass is 35.5. The zero-order chi connectivity index (χ0) is 16.7. The number of nitrogen functional groups attached to an aromatic ring is 1. The molecule has 6 N–H and O–H groups in total. The van der Waals surface area contributed by atoms with Crippen molar-refractivity contribution in [3.05, 3.63) is 16.7 Å². The van der Waals surface area contributed by atoms with Crippen LogP contribution in [0.25, 0.3) is 0 Å². The van der Waals surface area contributed by atoms with Crippen molar-refractivity contribution >= 4 is 17.4 Å². The van der Waals surface area contributed by atoms with Gasteiger partial charge in [0.1, 0.15) is 18.0 Å². The quantitative estimate of drug-likeness (QED) is 0.433. The van der Waals surface area contributed by atoms with Crippen LogP contribution in [0, 0.1) is 11.3 Å².